The lowest BCUT2D eigenvalue weighted by atomic mass is 10.1. The quantitative estimate of drug-likeness (QED) is 0.188. The lowest BCUT2D eigenvalue weighted by Gasteiger charge is -2.06. The molecule has 0 atom stereocenters. The summed E-state index contributed by atoms with van der Waals surface area (Å²) in [6.45, 7) is 0. The minimum absolute atomic E-state index is 0.109. The highest BCUT2D eigenvalue weighted by Gasteiger charge is 2.31. The summed E-state index contributed by atoms with van der Waals surface area (Å²) in [7, 11) is -3.91. The summed E-state index contributed by atoms with van der Waals surface area (Å²) in [4.78, 5) is 15.4. The zero-order valence-electron chi connectivity index (χ0n) is 17.5. The zero-order valence-corrected chi connectivity index (χ0v) is 20.7. The molecule has 0 aliphatic carbocycles. The number of carbonyl (C=O) groups excluding carboxylic acids is 1. The third-order valence-electron chi connectivity index (χ3n) is 4.43. The topological polar surface area (TPSA) is 107 Å². The number of hydrogen-bond acceptors (Lipinski definition) is 6. The van der Waals surface area contributed by atoms with Crippen molar-refractivity contribution in [1.29, 1.82) is 0 Å². The number of nitrogens with two attached hydrogens (primary N) is 1. The fourth-order valence-corrected chi connectivity index (χ4v) is 4.52. The average molecular weight is 615 g/mol. The SMILES string of the molecule is NS(=O)(=O)c1nn2cc(-c3ccc(C(F)(F)F)cc3)nc2s1.O=C(CBr)c1ccc(C(F)(F)F)cc1. The summed E-state index contributed by atoms with van der Waals surface area (Å²) in [6, 6.07) is 8.62. The molecule has 0 radical (unpaired) electrons. The van der Waals surface area contributed by atoms with E-state index >= 15 is 0 Å². The van der Waals surface area contributed by atoms with E-state index in [1.54, 1.807) is 0 Å². The maximum Gasteiger partial charge on any atom is 0.416 e. The lowest BCUT2D eigenvalue weighted by molar-refractivity contribution is -0.138. The number of alkyl halides is 7. The number of nitrogens with zero attached hydrogens (tertiary/aromatic N) is 3. The van der Waals surface area contributed by atoms with Gasteiger partial charge in [0, 0.05) is 11.1 Å². The van der Waals surface area contributed by atoms with Gasteiger partial charge in [-0.15, -0.1) is 5.10 Å². The van der Waals surface area contributed by atoms with Crippen LogP contribution in [0.5, 0.6) is 0 Å². The first kappa shape index (κ1) is 27.8. The predicted octanol–water partition coefficient (Wildman–Crippen LogP) is 5.41. The molecule has 2 aromatic carbocycles. The first-order chi connectivity index (χ1) is 16.6. The zero-order chi connectivity index (χ0) is 26.9. The van der Waals surface area contributed by atoms with E-state index in [-0.39, 0.29) is 26.0 Å². The lowest BCUT2D eigenvalue weighted by Crippen LogP contribution is -2.12. The van der Waals surface area contributed by atoms with Crippen LogP contribution >= 0.6 is 27.3 Å². The van der Waals surface area contributed by atoms with Gasteiger partial charge in [0.05, 0.1) is 28.3 Å². The van der Waals surface area contributed by atoms with Crippen LogP contribution in [0, 0.1) is 0 Å². The van der Waals surface area contributed by atoms with Gasteiger partial charge in [0.25, 0.3) is 10.0 Å². The van der Waals surface area contributed by atoms with E-state index in [9.17, 15) is 39.6 Å². The first-order valence-electron chi connectivity index (χ1n) is 9.42. The Morgan fingerprint density at radius 3 is 1.86 bits per heavy atom. The molecule has 2 heterocycles. The van der Waals surface area contributed by atoms with E-state index in [1.165, 1.54) is 35.0 Å². The number of primary sulfonamides is 1. The highest BCUT2D eigenvalue weighted by atomic mass is 79.9. The number of sulfonamides is 1. The third kappa shape index (κ3) is 6.68. The van der Waals surface area contributed by atoms with Gasteiger partial charge >= 0.3 is 12.4 Å². The van der Waals surface area contributed by atoms with Gasteiger partial charge in [-0.1, -0.05) is 51.5 Å². The van der Waals surface area contributed by atoms with Crippen LogP contribution in [0.3, 0.4) is 0 Å². The Bertz CT molecular complexity index is 1450. The smallest absolute Gasteiger partial charge is 0.293 e. The molecule has 0 fully saturated rings. The summed E-state index contributed by atoms with van der Waals surface area (Å²) >= 11 is 3.71. The van der Waals surface area contributed by atoms with Gasteiger partial charge in [-0.05, 0) is 24.3 Å². The average Bonchev–Trinajstić information content (AvgIpc) is 3.38. The van der Waals surface area contributed by atoms with Crippen LogP contribution in [-0.2, 0) is 22.4 Å². The highest BCUT2D eigenvalue weighted by molar-refractivity contribution is 9.09. The number of Topliss-reactive ketones (excluding diaryl/α,β-unsaturated/α-hetero) is 1. The molecule has 0 spiro atoms. The Balaban J connectivity index is 0.000000223. The normalized spacial score (nSPS) is 12.3. The number of aromatic nitrogens is 3. The Morgan fingerprint density at radius 2 is 1.44 bits per heavy atom. The number of halogens is 7. The van der Waals surface area contributed by atoms with Crippen molar-refractivity contribution in [3.63, 3.8) is 0 Å². The van der Waals surface area contributed by atoms with Crippen LogP contribution in [-0.4, -0.2) is 34.1 Å². The van der Waals surface area contributed by atoms with E-state index in [2.05, 4.69) is 26.0 Å². The van der Waals surface area contributed by atoms with Crippen molar-refractivity contribution in [1.82, 2.24) is 14.6 Å². The fourth-order valence-electron chi connectivity index (χ4n) is 2.69. The molecular formula is C20H13BrF6N4O3S2. The van der Waals surface area contributed by atoms with E-state index in [0.717, 1.165) is 35.6 Å². The Morgan fingerprint density at radius 1 is 0.944 bits per heavy atom. The van der Waals surface area contributed by atoms with E-state index in [1.807, 2.05) is 0 Å². The number of carbonyl (C=O) groups is 1. The van der Waals surface area contributed by atoms with Crippen molar-refractivity contribution < 1.29 is 39.6 Å². The Kier molecular flexibility index (Phi) is 7.92. The second-order valence-corrected chi connectivity index (χ2v) is 10.2. The second-order valence-electron chi connectivity index (χ2n) is 6.97. The van der Waals surface area contributed by atoms with Crippen LogP contribution in [0.15, 0.2) is 59.1 Å². The predicted molar refractivity (Wildman–Crippen MR) is 122 cm³/mol. The Hall–Kier alpha value is -2.82. The van der Waals surface area contributed by atoms with Gasteiger partial charge in [0.2, 0.25) is 9.30 Å². The molecule has 0 unspecified atom stereocenters. The van der Waals surface area contributed by atoms with Crippen LogP contribution in [0.25, 0.3) is 16.2 Å². The van der Waals surface area contributed by atoms with Crippen molar-refractivity contribution in [2.45, 2.75) is 16.7 Å². The van der Waals surface area contributed by atoms with Crippen LogP contribution in [0.2, 0.25) is 0 Å². The minimum atomic E-state index is -4.40. The molecule has 36 heavy (non-hydrogen) atoms. The number of imidazole rings is 1. The van der Waals surface area contributed by atoms with Gasteiger partial charge < -0.3 is 0 Å². The van der Waals surface area contributed by atoms with Crippen molar-refractivity contribution in [3.05, 3.63) is 71.4 Å². The molecule has 0 amide bonds. The molecule has 0 aliphatic rings. The van der Waals surface area contributed by atoms with Gasteiger partial charge in [-0.25, -0.2) is 23.1 Å². The fraction of sp³-hybridized carbons (Fsp3) is 0.150. The second kappa shape index (κ2) is 10.3. The highest BCUT2D eigenvalue weighted by Crippen LogP contribution is 2.31. The summed E-state index contributed by atoms with van der Waals surface area (Å²) in [5, 5.41) is 8.84. The standard InChI is InChI=1S/C11H7F3N4O2S2.C9H6BrF3O/c12-11(13,14)7-3-1-6(2-4-7)8-5-18-9(16-8)21-10(17-18)22(15,19)20;10-5-8(14)6-1-3-7(4-2-6)9(11,12)13/h1-5H,(H2,15,19,20);1-4H,5H2. The van der Waals surface area contributed by atoms with Crippen molar-refractivity contribution >= 4 is 48.0 Å². The van der Waals surface area contributed by atoms with E-state index < -0.39 is 33.5 Å². The minimum Gasteiger partial charge on any atom is -0.293 e. The van der Waals surface area contributed by atoms with Gasteiger partial charge in [0.1, 0.15) is 0 Å². The van der Waals surface area contributed by atoms with Gasteiger partial charge in [-0.3, -0.25) is 4.79 Å². The first-order valence-corrected chi connectivity index (χ1v) is 12.9. The van der Waals surface area contributed by atoms with Crippen molar-refractivity contribution in [3.8, 4) is 11.3 Å². The number of rotatable bonds is 4. The molecule has 7 nitrogen and oxygen atoms in total. The molecule has 192 valence electrons. The molecular weight excluding hydrogens is 602 g/mol. The Labute approximate surface area is 211 Å². The molecule has 2 N–H and O–H groups in total. The molecule has 0 aliphatic heterocycles. The summed E-state index contributed by atoms with van der Waals surface area (Å²) in [5.74, 6) is -0.237. The van der Waals surface area contributed by atoms with Crippen LogP contribution in [0.4, 0.5) is 26.3 Å². The molecule has 0 saturated carbocycles. The monoisotopic (exact) mass is 614 g/mol. The molecule has 0 bridgehead atoms. The summed E-state index contributed by atoms with van der Waals surface area (Å²) in [6.07, 6.45) is -7.34. The number of fused-ring (bicyclic) bond motifs is 1. The number of benzene rings is 2. The number of ketones is 1. The largest absolute Gasteiger partial charge is 0.416 e. The maximum atomic E-state index is 12.5. The van der Waals surface area contributed by atoms with E-state index in [4.69, 9.17) is 5.14 Å². The number of hydrogen-bond donors (Lipinski definition) is 1. The molecule has 0 saturated heterocycles. The van der Waals surface area contributed by atoms with Crippen molar-refractivity contribution in [2.24, 2.45) is 5.14 Å². The molecule has 16 heteroatoms. The molecule has 4 rings (SSSR count). The van der Waals surface area contributed by atoms with Crippen molar-refractivity contribution in [2.75, 3.05) is 5.33 Å². The summed E-state index contributed by atoms with van der Waals surface area (Å²) in [5.41, 5.74) is -0.387. The molecule has 2 aromatic heterocycles. The van der Waals surface area contributed by atoms with Crippen LogP contribution in [0.1, 0.15) is 21.5 Å². The maximum absolute atomic E-state index is 12.5. The van der Waals surface area contributed by atoms with Gasteiger partial charge in [0.15, 0.2) is 5.78 Å². The third-order valence-corrected chi connectivity index (χ3v) is 7.17. The summed E-state index contributed by atoms with van der Waals surface area (Å²) < 4.78 is 97.1. The van der Waals surface area contributed by atoms with Crippen LogP contribution < -0.4 is 5.14 Å². The van der Waals surface area contributed by atoms with Gasteiger partial charge in [-0.2, -0.15) is 26.3 Å². The van der Waals surface area contributed by atoms with E-state index in [0.29, 0.717) is 11.3 Å². The molecule has 4 aromatic rings.